The zero-order valence-corrected chi connectivity index (χ0v) is 8.23. The molecule has 0 aliphatic carbocycles. The van der Waals surface area contributed by atoms with E-state index in [1.54, 1.807) is 12.1 Å². The van der Waals surface area contributed by atoms with Crippen molar-refractivity contribution in [2.75, 3.05) is 14.1 Å². The van der Waals surface area contributed by atoms with E-state index >= 15 is 0 Å². The standard InChI is InChI=1S/C11H11N3/c1-14(2)11(8-13)10-5-3-9(7-12)4-6-10/h3-6,11H,1-2H3. The highest BCUT2D eigenvalue weighted by atomic mass is 15.1. The Hall–Kier alpha value is -1.84. The highest BCUT2D eigenvalue weighted by Gasteiger charge is 2.11. The second-order valence-electron chi connectivity index (χ2n) is 3.23. The van der Waals surface area contributed by atoms with Crippen LogP contribution in [0.4, 0.5) is 0 Å². The summed E-state index contributed by atoms with van der Waals surface area (Å²) in [6.45, 7) is 0. The Morgan fingerprint density at radius 3 is 2.07 bits per heavy atom. The average Bonchev–Trinajstić information content (AvgIpc) is 2.19. The van der Waals surface area contributed by atoms with Crippen molar-refractivity contribution in [3.8, 4) is 12.1 Å². The molecule has 0 fully saturated rings. The lowest BCUT2D eigenvalue weighted by atomic mass is 10.1. The number of rotatable bonds is 2. The van der Waals surface area contributed by atoms with Gasteiger partial charge in [-0.25, -0.2) is 0 Å². The van der Waals surface area contributed by atoms with Crippen LogP contribution in [0.2, 0.25) is 0 Å². The zero-order valence-electron chi connectivity index (χ0n) is 8.23. The van der Waals surface area contributed by atoms with Crippen LogP contribution in [0.5, 0.6) is 0 Å². The number of hydrogen-bond acceptors (Lipinski definition) is 3. The van der Waals surface area contributed by atoms with Gasteiger partial charge >= 0.3 is 0 Å². The fraction of sp³-hybridized carbons (Fsp3) is 0.273. The maximum Gasteiger partial charge on any atom is 0.123 e. The Kier molecular flexibility index (Phi) is 3.23. The summed E-state index contributed by atoms with van der Waals surface area (Å²) in [6.07, 6.45) is 0. The van der Waals surface area contributed by atoms with Crippen molar-refractivity contribution in [3.63, 3.8) is 0 Å². The minimum absolute atomic E-state index is 0.247. The molecule has 1 aromatic rings. The maximum atomic E-state index is 8.92. The van der Waals surface area contributed by atoms with E-state index in [1.165, 1.54) is 0 Å². The molecule has 3 nitrogen and oxygen atoms in total. The summed E-state index contributed by atoms with van der Waals surface area (Å²) in [4.78, 5) is 1.83. The van der Waals surface area contributed by atoms with Crippen molar-refractivity contribution in [1.82, 2.24) is 4.90 Å². The predicted octanol–water partition coefficient (Wildman–Crippen LogP) is 1.68. The molecule has 0 bridgehead atoms. The molecule has 14 heavy (non-hydrogen) atoms. The summed E-state index contributed by atoms with van der Waals surface area (Å²) in [7, 11) is 3.71. The molecule has 1 unspecified atom stereocenters. The molecule has 0 amide bonds. The van der Waals surface area contributed by atoms with Crippen molar-refractivity contribution in [1.29, 1.82) is 10.5 Å². The maximum absolute atomic E-state index is 8.92. The minimum atomic E-state index is -0.247. The van der Waals surface area contributed by atoms with Crippen LogP contribution in [0.3, 0.4) is 0 Å². The highest BCUT2D eigenvalue weighted by molar-refractivity contribution is 5.34. The molecule has 0 saturated heterocycles. The number of nitrogens with zero attached hydrogens (tertiary/aromatic N) is 3. The molecule has 0 radical (unpaired) electrons. The van der Waals surface area contributed by atoms with Gasteiger partial charge in [-0.3, -0.25) is 4.90 Å². The molecule has 0 heterocycles. The van der Waals surface area contributed by atoms with Crippen LogP contribution >= 0.6 is 0 Å². The lowest BCUT2D eigenvalue weighted by molar-refractivity contribution is 0.358. The van der Waals surface area contributed by atoms with Gasteiger partial charge in [0.05, 0.1) is 17.7 Å². The fourth-order valence-electron chi connectivity index (χ4n) is 1.23. The van der Waals surface area contributed by atoms with Crippen LogP contribution in [-0.4, -0.2) is 19.0 Å². The summed E-state index contributed by atoms with van der Waals surface area (Å²) in [5, 5.41) is 17.5. The first-order valence-corrected chi connectivity index (χ1v) is 4.25. The molecule has 0 aromatic heterocycles. The van der Waals surface area contributed by atoms with E-state index in [4.69, 9.17) is 10.5 Å². The van der Waals surface area contributed by atoms with Gasteiger partial charge in [0.2, 0.25) is 0 Å². The molecule has 0 N–H and O–H groups in total. The lowest BCUT2D eigenvalue weighted by Crippen LogP contribution is -2.18. The monoisotopic (exact) mass is 185 g/mol. The highest BCUT2D eigenvalue weighted by Crippen LogP contribution is 2.17. The second kappa shape index (κ2) is 4.41. The van der Waals surface area contributed by atoms with Crippen molar-refractivity contribution in [2.24, 2.45) is 0 Å². The second-order valence-corrected chi connectivity index (χ2v) is 3.23. The summed E-state index contributed by atoms with van der Waals surface area (Å²) in [6, 6.07) is 11.1. The molecule has 1 rings (SSSR count). The third kappa shape index (κ3) is 2.10. The summed E-state index contributed by atoms with van der Waals surface area (Å²) in [5.74, 6) is 0. The molecule has 1 atom stereocenters. The van der Waals surface area contributed by atoms with Gasteiger partial charge in [-0.1, -0.05) is 12.1 Å². The van der Waals surface area contributed by atoms with Gasteiger partial charge in [0.15, 0.2) is 0 Å². The van der Waals surface area contributed by atoms with E-state index in [2.05, 4.69) is 6.07 Å². The SMILES string of the molecule is CN(C)C(C#N)c1ccc(C#N)cc1. The van der Waals surface area contributed by atoms with E-state index in [9.17, 15) is 0 Å². The van der Waals surface area contributed by atoms with Crippen LogP contribution in [0.1, 0.15) is 17.2 Å². The first-order valence-electron chi connectivity index (χ1n) is 4.25. The molecule has 0 aliphatic heterocycles. The Labute approximate surface area is 83.8 Å². The van der Waals surface area contributed by atoms with Gasteiger partial charge in [0.1, 0.15) is 6.04 Å². The van der Waals surface area contributed by atoms with E-state index in [1.807, 2.05) is 37.2 Å². The van der Waals surface area contributed by atoms with Crippen LogP contribution in [-0.2, 0) is 0 Å². The van der Waals surface area contributed by atoms with Crippen molar-refractivity contribution < 1.29 is 0 Å². The summed E-state index contributed by atoms with van der Waals surface area (Å²) >= 11 is 0. The normalized spacial score (nSPS) is 11.8. The quantitative estimate of drug-likeness (QED) is 0.704. The first-order chi connectivity index (χ1) is 6.69. The van der Waals surface area contributed by atoms with Gasteiger partial charge in [-0.2, -0.15) is 10.5 Å². The van der Waals surface area contributed by atoms with Gasteiger partial charge in [-0.05, 0) is 31.8 Å². The van der Waals surface area contributed by atoms with Crippen LogP contribution in [0.25, 0.3) is 0 Å². The zero-order chi connectivity index (χ0) is 10.6. The van der Waals surface area contributed by atoms with Crippen LogP contribution in [0, 0.1) is 22.7 Å². The van der Waals surface area contributed by atoms with Gasteiger partial charge in [0.25, 0.3) is 0 Å². The Morgan fingerprint density at radius 2 is 1.71 bits per heavy atom. The lowest BCUT2D eigenvalue weighted by Gasteiger charge is -2.17. The van der Waals surface area contributed by atoms with Crippen molar-refractivity contribution in [2.45, 2.75) is 6.04 Å². The summed E-state index contributed by atoms with van der Waals surface area (Å²) < 4.78 is 0. The molecule has 0 spiro atoms. The molecular weight excluding hydrogens is 174 g/mol. The fourth-order valence-corrected chi connectivity index (χ4v) is 1.23. The topological polar surface area (TPSA) is 50.8 Å². The van der Waals surface area contributed by atoms with Gasteiger partial charge < -0.3 is 0 Å². The molecule has 70 valence electrons. The van der Waals surface area contributed by atoms with E-state index in [0.717, 1.165) is 5.56 Å². The third-order valence-electron chi connectivity index (χ3n) is 1.99. The van der Waals surface area contributed by atoms with Gasteiger partial charge in [0, 0.05) is 0 Å². The number of benzene rings is 1. The number of hydrogen-bond donors (Lipinski definition) is 0. The molecule has 0 aliphatic rings. The molecule has 0 saturated carbocycles. The van der Waals surface area contributed by atoms with E-state index in [0.29, 0.717) is 5.56 Å². The van der Waals surface area contributed by atoms with E-state index in [-0.39, 0.29) is 6.04 Å². The van der Waals surface area contributed by atoms with Gasteiger partial charge in [-0.15, -0.1) is 0 Å². The molecular formula is C11H11N3. The average molecular weight is 185 g/mol. The van der Waals surface area contributed by atoms with Crippen molar-refractivity contribution in [3.05, 3.63) is 35.4 Å². The third-order valence-corrected chi connectivity index (χ3v) is 1.99. The minimum Gasteiger partial charge on any atom is -0.291 e. The predicted molar refractivity (Wildman–Crippen MR) is 53.2 cm³/mol. The molecule has 1 aromatic carbocycles. The number of nitriles is 2. The largest absolute Gasteiger partial charge is 0.291 e. The van der Waals surface area contributed by atoms with Crippen LogP contribution in [0.15, 0.2) is 24.3 Å². The smallest absolute Gasteiger partial charge is 0.123 e. The van der Waals surface area contributed by atoms with E-state index < -0.39 is 0 Å². The summed E-state index contributed by atoms with van der Waals surface area (Å²) in [5.41, 5.74) is 1.53. The Morgan fingerprint density at radius 1 is 1.14 bits per heavy atom. The Bertz CT molecular complexity index is 378. The van der Waals surface area contributed by atoms with Crippen LogP contribution < -0.4 is 0 Å². The first kappa shape index (κ1) is 10.2. The van der Waals surface area contributed by atoms with Crippen molar-refractivity contribution >= 4 is 0 Å². The Balaban J connectivity index is 2.98. The molecule has 3 heteroatoms.